The first-order valence-corrected chi connectivity index (χ1v) is 10.1. The van der Waals surface area contributed by atoms with Crippen LogP contribution < -0.4 is 10.2 Å². The van der Waals surface area contributed by atoms with Crippen LogP contribution in [0, 0.1) is 0 Å². The summed E-state index contributed by atoms with van der Waals surface area (Å²) in [5.41, 5.74) is 3.21. The lowest BCUT2D eigenvalue weighted by molar-refractivity contribution is 0.209. The average molecular weight is 404 g/mol. The van der Waals surface area contributed by atoms with E-state index in [1.54, 1.807) is 23.1 Å². The molecule has 0 spiro atoms. The van der Waals surface area contributed by atoms with E-state index in [0.29, 0.717) is 17.5 Å². The Labute approximate surface area is 174 Å². The second kappa shape index (κ2) is 7.71. The van der Waals surface area contributed by atoms with Crippen LogP contribution in [0.3, 0.4) is 0 Å². The second-order valence-electron chi connectivity index (χ2n) is 7.62. The molecule has 1 aliphatic heterocycles. The Morgan fingerprint density at radius 2 is 1.87 bits per heavy atom. The van der Waals surface area contributed by atoms with Crippen LogP contribution in [-0.4, -0.2) is 71.9 Å². The van der Waals surface area contributed by atoms with Crippen LogP contribution in [0.1, 0.15) is 13.8 Å². The van der Waals surface area contributed by atoms with Crippen molar-refractivity contribution in [3.05, 3.63) is 43.2 Å². The number of H-pyrrole nitrogens is 1. The zero-order valence-electron chi connectivity index (χ0n) is 17.0. The Morgan fingerprint density at radius 3 is 2.57 bits per heavy atom. The van der Waals surface area contributed by atoms with Crippen molar-refractivity contribution < 1.29 is 0 Å². The topological polar surface area (TPSA) is 103 Å². The van der Waals surface area contributed by atoms with Gasteiger partial charge in [0, 0.05) is 44.0 Å². The molecule has 1 saturated heterocycles. The summed E-state index contributed by atoms with van der Waals surface area (Å²) in [6, 6.07) is 4.66. The van der Waals surface area contributed by atoms with E-state index in [4.69, 9.17) is 0 Å². The van der Waals surface area contributed by atoms with Crippen LogP contribution in [-0.2, 0) is 0 Å². The van der Waals surface area contributed by atoms with Crippen molar-refractivity contribution in [2.75, 3.05) is 36.4 Å². The fraction of sp³-hybridized carbons (Fsp3) is 0.350. The van der Waals surface area contributed by atoms with E-state index in [0.717, 1.165) is 48.9 Å². The summed E-state index contributed by atoms with van der Waals surface area (Å²) in [5.74, 6) is 1.62. The fourth-order valence-corrected chi connectivity index (χ4v) is 3.74. The summed E-state index contributed by atoms with van der Waals surface area (Å²) in [6.07, 6.45) is 8.64. The van der Waals surface area contributed by atoms with E-state index >= 15 is 0 Å². The number of hydrogen-bond acceptors (Lipinski definition) is 8. The monoisotopic (exact) mass is 404 g/mol. The lowest BCUT2D eigenvalue weighted by atomic mass is 10.2. The highest BCUT2D eigenvalue weighted by Gasteiger charge is 2.19. The summed E-state index contributed by atoms with van der Waals surface area (Å²) < 4.78 is 1.75. The first-order valence-electron chi connectivity index (χ1n) is 10.1. The van der Waals surface area contributed by atoms with Crippen molar-refractivity contribution >= 4 is 23.0 Å². The predicted molar refractivity (Wildman–Crippen MR) is 115 cm³/mol. The van der Waals surface area contributed by atoms with Crippen LogP contribution in [0.4, 0.5) is 17.3 Å². The third-order valence-corrected chi connectivity index (χ3v) is 5.48. The number of piperazine rings is 1. The van der Waals surface area contributed by atoms with Crippen molar-refractivity contribution in [2.45, 2.75) is 19.9 Å². The molecule has 0 saturated carbocycles. The van der Waals surface area contributed by atoms with Gasteiger partial charge in [0.1, 0.15) is 12.1 Å². The number of hydrogen-bond donors (Lipinski definition) is 2. The SMILES string of the molecule is CC(C)N1CCN(c2ccc(Nc3ncc(-c4cn[nH]c4)n4ncnc34)cn2)CC1. The van der Waals surface area contributed by atoms with Crippen molar-refractivity contribution in [3.63, 3.8) is 0 Å². The van der Waals surface area contributed by atoms with Gasteiger partial charge in [0.15, 0.2) is 11.5 Å². The molecule has 4 aromatic rings. The summed E-state index contributed by atoms with van der Waals surface area (Å²) in [6.45, 7) is 8.62. The van der Waals surface area contributed by atoms with Gasteiger partial charge < -0.3 is 10.2 Å². The zero-order valence-corrected chi connectivity index (χ0v) is 17.0. The molecule has 10 heteroatoms. The maximum atomic E-state index is 4.66. The van der Waals surface area contributed by atoms with Crippen LogP contribution >= 0.6 is 0 Å². The molecule has 0 amide bonds. The molecule has 1 fully saturated rings. The van der Waals surface area contributed by atoms with Gasteiger partial charge in [-0.25, -0.2) is 19.5 Å². The van der Waals surface area contributed by atoms with Crippen molar-refractivity contribution in [1.29, 1.82) is 0 Å². The number of nitrogens with one attached hydrogen (secondary N) is 2. The minimum absolute atomic E-state index is 0.591. The second-order valence-corrected chi connectivity index (χ2v) is 7.62. The number of aromatic nitrogens is 7. The lowest BCUT2D eigenvalue weighted by Crippen LogP contribution is -2.49. The Kier molecular flexibility index (Phi) is 4.75. The number of pyridine rings is 1. The molecule has 0 aromatic carbocycles. The van der Waals surface area contributed by atoms with Gasteiger partial charge in [0.25, 0.3) is 0 Å². The van der Waals surface area contributed by atoms with E-state index in [-0.39, 0.29) is 0 Å². The molecule has 5 heterocycles. The summed E-state index contributed by atoms with van der Waals surface area (Å²) in [5, 5.41) is 14.4. The summed E-state index contributed by atoms with van der Waals surface area (Å²) >= 11 is 0. The van der Waals surface area contributed by atoms with E-state index in [9.17, 15) is 0 Å². The van der Waals surface area contributed by atoms with Gasteiger partial charge in [0.2, 0.25) is 0 Å². The molecule has 1 aliphatic rings. The highest BCUT2D eigenvalue weighted by atomic mass is 15.3. The molecule has 0 unspecified atom stereocenters. The normalized spacial score (nSPS) is 15.2. The Bertz CT molecular complexity index is 1110. The molecule has 10 nitrogen and oxygen atoms in total. The number of anilines is 3. The molecule has 30 heavy (non-hydrogen) atoms. The zero-order chi connectivity index (χ0) is 20.5. The largest absolute Gasteiger partial charge is 0.354 e. The molecule has 0 radical (unpaired) electrons. The van der Waals surface area contributed by atoms with Crippen molar-refractivity contribution in [3.8, 4) is 11.3 Å². The standard InChI is InChI=1S/C20H24N10/c1-14(2)28-5-7-29(8-6-28)18-4-3-16(11-21-18)27-19-20-23-13-26-30(20)17(12-22-19)15-9-24-25-10-15/h3-4,9-14H,5-8H2,1-2H3,(H,22,27)(H,24,25). The fourth-order valence-electron chi connectivity index (χ4n) is 3.74. The van der Waals surface area contributed by atoms with Gasteiger partial charge in [-0.1, -0.05) is 0 Å². The van der Waals surface area contributed by atoms with E-state index in [1.807, 2.05) is 18.3 Å². The highest BCUT2D eigenvalue weighted by Crippen LogP contribution is 2.24. The van der Waals surface area contributed by atoms with Crippen molar-refractivity contribution in [1.82, 2.24) is 39.7 Å². The molecule has 4 aromatic heterocycles. The minimum atomic E-state index is 0.591. The van der Waals surface area contributed by atoms with Gasteiger partial charge in [0.05, 0.1) is 30.0 Å². The van der Waals surface area contributed by atoms with E-state index in [2.05, 4.69) is 59.2 Å². The molecular formula is C20H24N10. The first kappa shape index (κ1) is 18.5. The number of fused-ring (bicyclic) bond motifs is 1. The molecular weight excluding hydrogens is 380 g/mol. The Morgan fingerprint density at radius 1 is 1.00 bits per heavy atom. The highest BCUT2D eigenvalue weighted by molar-refractivity contribution is 5.73. The van der Waals surface area contributed by atoms with Crippen LogP contribution in [0.15, 0.2) is 43.2 Å². The predicted octanol–water partition coefficient (Wildman–Crippen LogP) is 2.18. The summed E-state index contributed by atoms with van der Waals surface area (Å²) in [7, 11) is 0. The number of rotatable bonds is 5. The quantitative estimate of drug-likeness (QED) is 0.522. The first-order chi connectivity index (χ1) is 14.7. The molecule has 0 atom stereocenters. The molecule has 5 rings (SSSR count). The van der Waals surface area contributed by atoms with Crippen LogP contribution in [0.5, 0.6) is 0 Å². The average Bonchev–Trinajstić information content (AvgIpc) is 3.47. The summed E-state index contributed by atoms with van der Waals surface area (Å²) in [4.78, 5) is 18.4. The maximum absolute atomic E-state index is 4.66. The van der Waals surface area contributed by atoms with Crippen LogP contribution in [0.25, 0.3) is 16.9 Å². The van der Waals surface area contributed by atoms with E-state index in [1.165, 1.54) is 6.33 Å². The smallest absolute Gasteiger partial charge is 0.199 e. The Hall–Kier alpha value is -3.53. The lowest BCUT2D eigenvalue weighted by Gasteiger charge is -2.37. The van der Waals surface area contributed by atoms with Gasteiger partial charge in [-0.15, -0.1) is 0 Å². The maximum Gasteiger partial charge on any atom is 0.199 e. The van der Waals surface area contributed by atoms with Gasteiger partial charge in [-0.2, -0.15) is 10.2 Å². The Balaban J connectivity index is 1.33. The van der Waals surface area contributed by atoms with Crippen LogP contribution in [0.2, 0.25) is 0 Å². The molecule has 0 bridgehead atoms. The van der Waals surface area contributed by atoms with E-state index < -0.39 is 0 Å². The van der Waals surface area contributed by atoms with Gasteiger partial charge >= 0.3 is 0 Å². The third kappa shape index (κ3) is 3.45. The van der Waals surface area contributed by atoms with Crippen molar-refractivity contribution in [2.24, 2.45) is 0 Å². The van der Waals surface area contributed by atoms with Gasteiger partial charge in [-0.05, 0) is 26.0 Å². The number of aromatic amines is 1. The molecule has 0 aliphatic carbocycles. The number of nitrogens with zero attached hydrogens (tertiary/aromatic N) is 8. The molecule has 2 N–H and O–H groups in total. The minimum Gasteiger partial charge on any atom is -0.354 e. The third-order valence-electron chi connectivity index (χ3n) is 5.48. The van der Waals surface area contributed by atoms with Gasteiger partial charge in [-0.3, -0.25) is 10.00 Å². The molecule has 154 valence electrons.